The van der Waals surface area contributed by atoms with E-state index in [4.69, 9.17) is 0 Å². The molecule has 3 aliphatic rings. The fourth-order valence-electron chi connectivity index (χ4n) is 2.74. The van der Waals surface area contributed by atoms with Gasteiger partial charge in [-0.25, -0.2) is 5.43 Å². The Hall–Kier alpha value is -1.59. The molecule has 0 radical (unpaired) electrons. The van der Waals surface area contributed by atoms with E-state index in [1.54, 1.807) is 12.1 Å². The van der Waals surface area contributed by atoms with Gasteiger partial charge in [0.25, 0.3) is 5.91 Å². The SMILES string of the molecule is Cl.O=C(N/N=C1/CN2CCC1CC2)c1cccc(O)c1. The molecule has 0 atom stereocenters. The molecular formula is C14H18ClN3O2. The predicted molar refractivity (Wildman–Crippen MR) is 79.4 cm³/mol. The molecule has 4 rings (SSSR count). The van der Waals surface area contributed by atoms with Crippen molar-refractivity contribution in [1.29, 1.82) is 0 Å². The Morgan fingerprint density at radius 2 is 2.10 bits per heavy atom. The number of halogens is 1. The van der Waals surface area contributed by atoms with Crippen LogP contribution in [0.1, 0.15) is 23.2 Å². The molecule has 3 heterocycles. The second kappa shape index (κ2) is 6.24. The molecular weight excluding hydrogens is 278 g/mol. The zero-order valence-electron chi connectivity index (χ0n) is 11.1. The Morgan fingerprint density at radius 3 is 2.70 bits per heavy atom. The van der Waals surface area contributed by atoms with Crippen molar-refractivity contribution in [3.63, 3.8) is 0 Å². The van der Waals surface area contributed by atoms with Crippen molar-refractivity contribution in [2.45, 2.75) is 12.8 Å². The van der Waals surface area contributed by atoms with Crippen LogP contribution in [-0.4, -0.2) is 41.3 Å². The number of piperidine rings is 3. The maximum Gasteiger partial charge on any atom is 0.271 e. The Labute approximate surface area is 124 Å². The summed E-state index contributed by atoms with van der Waals surface area (Å²) in [7, 11) is 0. The summed E-state index contributed by atoms with van der Waals surface area (Å²) in [6, 6.07) is 6.28. The van der Waals surface area contributed by atoms with Gasteiger partial charge in [0.15, 0.2) is 0 Å². The number of nitrogens with one attached hydrogen (secondary N) is 1. The molecule has 6 heteroatoms. The van der Waals surface area contributed by atoms with Crippen LogP contribution >= 0.6 is 12.4 Å². The lowest BCUT2D eigenvalue weighted by molar-refractivity contribution is 0.0953. The predicted octanol–water partition coefficient (Wildman–Crippen LogP) is 1.63. The third-order valence-corrected chi connectivity index (χ3v) is 3.85. The number of carbonyl (C=O) groups is 1. The van der Waals surface area contributed by atoms with Gasteiger partial charge in [-0.05, 0) is 44.1 Å². The summed E-state index contributed by atoms with van der Waals surface area (Å²) in [6.45, 7) is 3.15. The molecule has 3 fully saturated rings. The number of carbonyl (C=O) groups excluding carboxylic acids is 1. The first-order valence-electron chi connectivity index (χ1n) is 6.60. The number of hydrazone groups is 1. The average Bonchev–Trinajstić information content (AvgIpc) is 2.46. The van der Waals surface area contributed by atoms with Gasteiger partial charge in [-0.1, -0.05) is 6.07 Å². The summed E-state index contributed by atoms with van der Waals surface area (Å²) < 4.78 is 0. The Kier molecular flexibility index (Phi) is 4.62. The number of rotatable bonds is 2. The van der Waals surface area contributed by atoms with Gasteiger partial charge >= 0.3 is 0 Å². The molecule has 1 amide bonds. The summed E-state index contributed by atoms with van der Waals surface area (Å²) in [6.07, 6.45) is 2.28. The summed E-state index contributed by atoms with van der Waals surface area (Å²) in [5.41, 5.74) is 4.09. The number of fused-ring (bicyclic) bond motifs is 3. The van der Waals surface area contributed by atoms with E-state index < -0.39 is 0 Å². The van der Waals surface area contributed by atoms with Crippen LogP contribution in [0.2, 0.25) is 0 Å². The summed E-state index contributed by atoms with van der Waals surface area (Å²) in [5, 5.41) is 13.6. The number of benzene rings is 1. The lowest BCUT2D eigenvalue weighted by Crippen LogP contribution is -2.48. The maximum absolute atomic E-state index is 11.9. The molecule has 3 aliphatic heterocycles. The van der Waals surface area contributed by atoms with Gasteiger partial charge in [0, 0.05) is 18.0 Å². The van der Waals surface area contributed by atoms with E-state index in [-0.39, 0.29) is 24.1 Å². The van der Waals surface area contributed by atoms with Crippen molar-refractivity contribution in [3.8, 4) is 5.75 Å². The molecule has 1 aromatic rings. The van der Waals surface area contributed by atoms with Crippen molar-refractivity contribution in [2.75, 3.05) is 19.6 Å². The maximum atomic E-state index is 11.9. The normalized spacial score (nSPS) is 26.1. The van der Waals surface area contributed by atoms with Crippen LogP contribution < -0.4 is 5.43 Å². The number of nitrogens with zero attached hydrogens (tertiary/aromatic N) is 2. The van der Waals surface area contributed by atoms with Crippen LogP contribution in [0.4, 0.5) is 0 Å². The van der Waals surface area contributed by atoms with E-state index in [0.29, 0.717) is 11.5 Å². The van der Waals surface area contributed by atoms with Gasteiger partial charge in [0.2, 0.25) is 0 Å². The van der Waals surface area contributed by atoms with Gasteiger partial charge in [0.05, 0.1) is 5.71 Å². The highest BCUT2D eigenvalue weighted by Gasteiger charge is 2.30. The Bertz CT molecular complexity index is 525. The minimum absolute atomic E-state index is 0. The molecule has 20 heavy (non-hydrogen) atoms. The van der Waals surface area contributed by atoms with Gasteiger partial charge in [-0.2, -0.15) is 5.10 Å². The second-order valence-corrected chi connectivity index (χ2v) is 5.14. The fourth-order valence-corrected chi connectivity index (χ4v) is 2.74. The third-order valence-electron chi connectivity index (χ3n) is 3.85. The number of aromatic hydroxyl groups is 1. The molecule has 2 N–H and O–H groups in total. The zero-order valence-corrected chi connectivity index (χ0v) is 11.9. The van der Waals surface area contributed by atoms with Crippen LogP contribution in [0.3, 0.4) is 0 Å². The Balaban J connectivity index is 0.00000147. The van der Waals surface area contributed by atoms with Gasteiger partial charge in [0.1, 0.15) is 5.75 Å². The highest BCUT2D eigenvalue weighted by atomic mass is 35.5. The van der Waals surface area contributed by atoms with Gasteiger partial charge in [-0.15, -0.1) is 12.4 Å². The van der Waals surface area contributed by atoms with Crippen LogP contribution in [-0.2, 0) is 0 Å². The zero-order chi connectivity index (χ0) is 13.2. The number of hydrogen-bond donors (Lipinski definition) is 2. The standard InChI is InChI=1S/C14H17N3O2.ClH/c18-12-3-1-2-11(8-12)14(19)16-15-13-9-17-6-4-10(13)5-7-17;/h1-3,8,10,18H,4-7,9H2,(H,16,19);1H/b15-13-;. The number of amides is 1. The van der Waals surface area contributed by atoms with Crippen LogP contribution in [0, 0.1) is 5.92 Å². The summed E-state index contributed by atoms with van der Waals surface area (Å²) in [4.78, 5) is 14.3. The molecule has 0 aromatic heterocycles. The van der Waals surface area contributed by atoms with Crippen molar-refractivity contribution in [1.82, 2.24) is 10.3 Å². The fraction of sp³-hybridized carbons (Fsp3) is 0.429. The smallest absolute Gasteiger partial charge is 0.271 e. The first-order valence-corrected chi connectivity index (χ1v) is 6.60. The first kappa shape index (κ1) is 14.8. The highest BCUT2D eigenvalue weighted by molar-refractivity contribution is 5.96. The number of hydrogen-bond acceptors (Lipinski definition) is 4. The van der Waals surface area contributed by atoms with Crippen molar-refractivity contribution >= 4 is 24.0 Å². The van der Waals surface area contributed by atoms with Crippen molar-refractivity contribution in [2.24, 2.45) is 11.0 Å². The number of phenols is 1. The Morgan fingerprint density at radius 1 is 1.35 bits per heavy atom. The summed E-state index contributed by atoms with van der Waals surface area (Å²) in [5.74, 6) is 0.331. The van der Waals surface area contributed by atoms with E-state index in [0.717, 1.165) is 38.2 Å². The molecule has 3 saturated heterocycles. The molecule has 0 unspecified atom stereocenters. The van der Waals surface area contributed by atoms with Crippen LogP contribution in [0.15, 0.2) is 29.4 Å². The minimum Gasteiger partial charge on any atom is -0.508 e. The molecule has 0 saturated carbocycles. The van der Waals surface area contributed by atoms with E-state index in [2.05, 4.69) is 15.4 Å². The van der Waals surface area contributed by atoms with Gasteiger partial charge < -0.3 is 5.11 Å². The monoisotopic (exact) mass is 295 g/mol. The quantitative estimate of drug-likeness (QED) is 0.815. The molecule has 5 nitrogen and oxygen atoms in total. The second-order valence-electron chi connectivity index (χ2n) is 5.14. The van der Waals surface area contributed by atoms with E-state index in [1.807, 2.05) is 0 Å². The molecule has 1 aromatic carbocycles. The van der Waals surface area contributed by atoms with Gasteiger partial charge in [-0.3, -0.25) is 9.69 Å². The first-order chi connectivity index (χ1) is 9.22. The van der Waals surface area contributed by atoms with Crippen LogP contribution in [0.25, 0.3) is 0 Å². The molecule has 108 valence electrons. The van der Waals surface area contributed by atoms with Crippen LogP contribution in [0.5, 0.6) is 5.75 Å². The van der Waals surface area contributed by atoms with E-state index in [9.17, 15) is 9.90 Å². The molecule has 0 spiro atoms. The minimum atomic E-state index is -0.278. The molecule has 2 bridgehead atoms. The topological polar surface area (TPSA) is 64.9 Å². The van der Waals surface area contributed by atoms with E-state index >= 15 is 0 Å². The highest BCUT2D eigenvalue weighted by Crippen LogP contribution is 2.25. The molecule has 0 aliphatic carbocycles. The largest absolute Gasteiger partial charge is 0.508 e. The average molecular weight is 296 g/mol. The lowest BCUT2D eigenvalue weighted by atomic mass is 9.87. The summed E-state index contributed by atoms with van der Waals surface area (Å²) >= 11 is 0. The van der Waals surface area contributed by atoms with Crippen molar-refractivity contribution in [3.05, 3.63) is 29.8 Å². The lowest BCUT2D eigenvalue weighted by Gasteiger charge is -2.39. The third kappa shape index (κ3) is 3.11. The van der Waals surface area contributed by atoms with Crippen molar-refractivity contribution < 1.29 is 9.90 Å². The number of phenolic OH excluding ortho intramolecular Hbond substituents is 1. The van der Waals surface area contributed by atoms with E-state index in [1.165, 1.54) is 12.1 Å².